The smallest absolute Gasteiger partial charge is 0.327 e. The van der Waals surface area contributed by atoms with Crippen LogP contribution in [0, 0.1) is 0 Å². The summed E-state index contributed by atoms with van der Waals surface area (Å²) in [7, 11) is 0. The summed E-state index contributed by atoms with van der Waals surface area (Å²) in [5, 5.41) is 10.9. The Bertz CT molecular complexity index is 219. The molecule has 5 nitrogen and oxygen atoms in total. The van der Waals surface area contributed by atoms with Gasteiger partial charge in [-0.1, -0.05) is 0 Å². The highest BCUT2D eigenvalue weighted by Gasteiger charge is 2.17. The summed E-state index contributed by atoms with van der Waals surface area (Å²) in [5.41, 5.74) is 0. The van der Waals surface area contributed by atoms with Crippen LogP contribution in [0.1, 0.15) is 19.3 Å². The summed E-state index contributed by atoms with van der Waals surface area (Å²) < 4.78 is 0. The molecule has 80 valence electrons. The summed E-state index contributed by atoms with van der Waals surface area (Å²) in [6.45, 7) is 0. The highest BCUT2D eigenvalue weighted by Crippen LogP contribution is 1.95. The highest BCUT2D eigenvalue weighted by atomic mass is 32.1. The fourth-order valence-electron chi connectivity index (χ4n) is 0.798. The van der Waals surface area contributed by atoms with E-state index in [1.165, 1.54) is 0 Å². The minimum Gasteiger partial charge on any atom is -0.480 e. The molecule has 0 aliphatic heterocycles. The van der Waals surface area contributed by atoms with Gasteiger partial charge in [-0.05, 0) is 6.42 Å². The third kappa shape index (κ3) is 5.58. The molecule has 0 bridgehead atoms. The second kappa shape index (κ2) is 7.37. The van der Waals surface area contributed by atoms with Crippen LogP contribution < -0.4 is 5.32 Å². The van der Waals surface area contributed by atoms with Gasteiger partial charge in [-0.15, -0.1) is 0 Å². The van der Waals surface area contributed by atoms with Crippen molar-refractivity contribution < 1.29 is 19.5 Å². The van der Waals surface area contributed by atoms with E-state index >= 15 is 0 Å². The maximum Gasteiger partial charge on any atom is 0.327 e. The first kappa shape index (κ1) is 13.0. The number of aldehydes is 1. The van der Waals surface area contributed by atoms with Gasteiger partial charge in [0.1, 0.15) is 12.3 Å². The van der Waals surface area contributed by atoms with Gasteiger partial charge in [0.25, 0.3) is 0 Å². The van der Waals surface area contributed by atoms with E-state index in [1.54, 1.807) is 0 Å². The number of carboxylic acid groups (broad SMARTS) is 1. The third-order valence-electron chi connectivity index (χ3n) is 1.54. The molecule has 1 atom stereocenters. The molecule has 14 heavy (non-hydrogen) atoms. The number of thiol groups is 1. The van der Waals surface area contributed by atoms with Gasteiger partial charge in [-0.25, -0.2) is 4.79 Å². The monoisotopic (exact) mass is 219 g/mol. The predicted octanol–water partition coefficient (Wildman–Crippen LogP) is -0.145. The van der Waals surface area contributed by atoms with Crippen molar-refractivity contribution in [3.8, 4) is 0 Å². The summed E-state index contributed by atoms with van der Waals surface area (Å²) >= 11 is 3.79. The van der Waals surface area contributed by atoms with Crippen molar-refractivity contribution in [1.29, 1.82) is 0 Å². The average Bonchev–Trinajstić information content (AvgIpc) is 2.14. The van der Waals surface area contributed by atoms with Crippen molar-refractivity contribution in [3.63, 3.8) is 0 Å². The lowest BCUT2D eigenvalue weighted by Crippen LogP contribution is -2.42. The normalized spacial score (nSPS) is 11.8. The average molecular weight is 219 g/mol. The van der Waals surface area contributed by atoms with Gasteiger partial charge in [0.15, 0.2) is 0 Å². The van der Waals surface area contributed by atoms with Crippen LogP contribution in [-0.4, -0.2) is 35.1 Å². The molecule has 0 rings (SSSR count). The fraction of sp³-hybridized carbons (Fsp3) is 0.625. The van der Waals surface area contributed by atoms with Gasteiger partial charge >= 0.3 is 5.97 Å². The molecule has 0 aliphatic rings. The molecule has 1 amide bonds. The van der Waals surface area contributed by atoms with Gasteiger partial charge in [0.2, 0.25) is 5.91 Å². The quantitative estimate of drug-likeness (QED) is 0.316. The van der Waals surface area contributed by atoms with Gasteiger partial charge in [-0.2, -0.15) is 12.6 Å². The number of hydrogen-bond donors (Lipinski definition) is 3. The Morgan fingerprint density at radius 2 is 2.14 bits per heavy atom. The number of hydrogen-bond acceptors (Lipinski definition) is 4. The minimum absolute atomic E-state index is 0.0504. The van der Waals surface area contributed by atoms with Crippen molar-refractivity contribution in [3.05, 3.63) is 0 Å². The van der Waals surface area contributed by atoms with E-state index in [9.17, 15) is 14.4 Å². The topological polar surface area (TPSA) is 83.5 Å². The maximum absolute atomic E-state index is 11.1. The molecule has 0 saturated heterocycles. The second-order valence-corrected chi connectivity index (χ2v) is 3.06. The number of rotatable bonds is 7. The van der Waals surface area contributed by atoms with Crippen LogP contribution in [0.5, 0.6) is 0 Å². The van der Waals surface area contributed by atoms with Crippen LogP contribution in [-0.2, 0) is 14.4 Å². The first-order valence-electron chi connectivity index (χ1n) is 4.18. The highest BCUT2D eigenvalue weighted by molar-refractivity contribution is 7.80. The van der Waals surface area contributed by atoms with Crippen molar-refractivity contribution in [2.75, 3.05) is 5.75 Å². The zero-order valence-electron chi connectivity index (χ0n) is 7.60. The zero-order chi connectivity index (χ0) is 11.0. The summed E-state index contributed by atoms with van der Waals surface area (Å²) in [6.07, 6.45) is 1.64. The number of nitrogens with one attached hydrogen (secondary N) is 1. The molecule has 0 aliphatic carbocycles. The Balaban J connectivity index is 3.79. The molecule has 0 spiro atoms. The first-order valence-corrected chi connectivity index (χ1v) is 4.81. The molecule has 0 fully saturated rings. The number of carboxylic acids is 1. The van der Waals surface area contributed by atoms with Crippen LogP contribution in [0.4, 0.5) is 0 Å². The van der Waals surface area contributed by atoms with Gasteiger partial charge in [-0.3, -0.25) is 4.79 Å². The lowest BCUT2D eigenvalue weighted by Gasteiger charge is -2.10. The number of unbranched alkanes of at least 4 members (excludes halogenated alkanes) is 1. The Labute approximate surface area is 87.3 Å². The number of carbonyl (C=O) groups is 3. The first-order chi connectivity index (χ1) is 6.61. The standard InChI is InChI=1S/C8H13NO4S/c10-4-2-1-3-7(11)9-6(5-14)8(12)13/h4,6,14H,1-3,5H2,(H,9,11)(H,12,13)/t6-/m0/s1. The molecule has 0 aromatic heterocycles. The van der Waals surface area contributed by atoms with E-state index in [0.29, 0.717) is 12.8 Å². The number of carbonyl (C=O) groups excluding carboxylic acids is 2. The lowest BCUT2D eigenvalue weighted by molar-refractivity contribution is -0.141. The van der Waals surface area contributed by atoms with Crippen LogP contribution in [0.3, 0.4) is 0 Å². The summed E-state index contributed by atoms with van der Waals surface area (Å²) in [5.74, 6) is -1.42. The Hall–Kier alpha value is -1.04. The summed E-state index contributed by atoms with van der Waals surface area (Å²) in [4.78, 5) is 31.5. The molecular weight excluding hydrogens is 206 g/mol. The van der Waals surface area contributed by atoms with Gasteiger partial charge in [0.05, 0.1) is 0 Å². The maximum atomic E-state index is 11.1. The van der Waals surface area contributed by atoms with E-state index in [4.69, 9.17) is 5.11 Å². The molecule has 0 radical (unpaired) electrons. The van der Waals surface area contributed by atoms with E-state index in [2.05, 4.69) is 17.9 Å². The SMILES string of the molecule is O=CCCCC(=O)N[C@@H](CS)C(=O)O. The number of aliphatic carboxylic acids is 1. The van der Waals surface area contributed by atoms with Crippen molar-refractivity contribution in [2.24, 2.45) is 0 Å². The van der Waals surface area contributed by atoms with Crippen molar-refractivity contribution in [1.82, 2.24) is 5.32 Å². The van der Waals surface area contributed by atoms with E-state index in [0.717, 1.165) is 6.29 Å². The molecule has 0 unspecified atom stereocenters. The minimum atomic E-state index is -1.11. The summed E-state index contributed by atoms with van der Waals surface area (Å²) in [6, 6.07) is -0.956. The molecule has 0 saturated carbocycles. The predicted molar refractivity (Wildman–Crippen MR) is 53.3 cm³/mol. The van der Waals surface area contributed by atoms with Crippen LogP contribution in [0.2, 0.25) is 0 Å². The Morgan fingerprint density at radius 1 is 1.50 bits per heavy atom. The van der Waals surface area contributed by atoms with Gasteiger partial charge < -0.3 is 15.2 Å². The van der Waals surface area contributed by atoms with Crippen molar-refractivity contribution in [2.45, 2.75) is 25.3 Å². The van der Waals surface area contributed by atoms with Crippen LogP contribution in [0.15, 0.2) is 0 Å². The zero-order valence-corrected chi connectivity index (χ0v) is 8.50. The lowest BCUT2D eigenvalue weighted by atomic mass is 10.2. The molecule has 0 aromatic carbocycles. The van der Waals surface area contributed by atoms with Crippen LogP contribution >= 0.6 is 12.6 Å². The Kier molecular flexibility index (Phi) is 6.82. The fourth-order valence-corrected chi connectivity index (χ4v) is 1.05. The van der Waals surface area contributed by atoms with Gasteiger partial charge in [0, 0.05) is 18.6 Å². The van der Waals surface area contributed by atoms with E-state index in [-0.39, 0.29) is 18.1 Å². The van der Waals surface area contributed by atoms with Crippen LogP contribution in [0.25, 0.3) is 0 Å². The van der Waals surface area contributed by atoms with E-state index < -0.39 is 12.0 Å². The second-order valence-electron chi connectivity index (χ2n) is 2.70. The molecule has 0 heterocycles. The van der Waals surface area contributed by atoms with E-state index in [1.807, 2.05) is 0 Å². The number of amides is 1. The molecule has 6 heteroatoms. The molecular formula is C8H13NO4S. The van der Waals surface area contributed by atoms with Crippen molar-refractivity contribution >= 4 is 30.8 Å². The largest absolute Gasteiger partial charge is 0.480 e. The molecule has 2 N–H and O–H groups in total. The molecule has 0 aromatic rings. The third-order valence-corrected chi connectivity index (χ3v) is 1.91. The Morgan fingerprint density at radius 3 is 2.57 bits per heavy atom.